The minimum Gasteiger partial charge on any atom is -0.393 e. The van der Waals surface area contributed by atoms with E-state index in [1.807, 2.05) is 47.3 Å². The van der Waals surface area contributed by atoms with Crippen LogP contribution >= 0.6 is 11.6 Å². The number of aromatic nitrogens is 3. The number of piperidine rings is 1. The minimum atomic E-state index is -0.174. The molecule has 0 atom stereocenters. The van der Waals surface area contributed by atoms with Crippen molar-refractivity contribution in [2.75, 3.05) is 13.1 Å². The highest BCUT2D eigenvalue weighted by molar-refractivity contribution is 6.30. The fraction of sp³-hybridized carbons (Fsp3) is 0.300. The number of rotatable bonds is 4. The predicted molar refractivity (Wildman–Crippen MR) is 103 cm³/mol. The number of benzene rings is 1. The molecule has 1 aliphatic heterocycles. The third-order valence-corrected chi connectivity index (χ3v) is 5.09. The van der Waals surface area contributed by atoms with Crippen LogP contribution in [-0.2, 0) is 6.67 Å². The summed E-state index contributed by atoms with van der Waals surface area (Å²) in [5.41, 5.74) is 4.31. The quantitative estimate of drug-likeness (QED) is 0.763. The zero-order chi connectivity index (χ0) is 17.9. The second-order valence-corrected chi connectivity index (χ2v) is 7.08. The third kappa shape index (κ3) is 3.65. The van der Waals surface area contributed by atoms with Gasteiger partial charge in [-0.1, -0.05) is 23.7 Å². The van der Waals surface area contributed by atoms with Gasteiger partial charge in [-0.3, -0.25) is 9.88 Å². The third-order valence-electron chi connectivity index (χ3n) is 4.84. The molecule has 0 spiro atoms. The molecule has 0 saturated carbocycles. The van der Waals surface area contributed by atoms with E-state index >= 15 is 0 Å². The zero-order valence-corrected chi connectivity index (χ0v) is 15.2. The van der Waals surface area contributed by atoms with E-state index in [-0.39, 0.29) is 6.10 Å². The van der Waals surface area contributed by atoms with Crippen LogP contribution in [0.15, 0.2) is 55.0 Å². The Balaban J connectivity index is 1.72. The van der Waals surface area contributed by atoms with Crippen molar-refractivity contribution in [2.45, 2.75) is 25.6 Å². The van der Waals surface area contributed by atoms with Gasteiger partial charge in [-0.25, -0.2) is 4.68 Å². The summed E-state index contributed by atoms with van der Waals surface area (Å²) in [7, 11) is 0. The Kier molecular flexibility index (Phi) is 5.02. The Labute approximate surface area is 157 Å². The molecular formula is C20H21ClN4O. The lowest BCUT2D eigenvalue weighted by Crippen LogP contribution is -2.37. The van der Waals surface area contributed by atoms with Crippen molar-refractivity contribution >= 4 is 11.6 Å². The van der Waals surface area contributed by atoms with Gasteiger partial charge < -0.3 is 5.11 Å². The van der Waals surface area contributed by atoms with Gasteiger partial charge in [-0.2, -0.15) is 5.10 Å². The average molecular weight is 369 g/mol. The Morgan fingerprint density at radius 3 is 2.38 bits per heavy atom. The number of hydrogen-bond acceptors (Lipinski definition) is 4. The zero-order valence-electron chi connectivity index (χ0n) is 14.4. The maximum atomic E-state index is 9.74. The normalized spacial score (nSPS) is 16.1. The van der Waals surface area contributed by atoms with E-state index in [0.717, 1.165) is 53.3 Å². The number of nitrogens with zero attached hydrogens (tertiary/aromatic N) is 4. The highest BCUT2D eigenvalue weighted by atomic mass is 35.5. The first-order chi connectivity index (χ1) is 12.7. The van der Waals surface area contributed by atoms with Crippen molar-refractivity contribution in [1.29, 1.82) is 0 Å². The summed E-state index contributed by atoms with van der Waals surface area (Å²) in [4.78, 5) is 6.44. The summed E-state index contributed by atoms with van der Waals surface area (Å²) >= 11 is 6.08. The van der Waals surface area contributed by atoms with Crippen molar-refractivity contribution in [2.24, 2.45) is 0 Å². The Morgan fingerprint density at radius 2 is 1.69 bits per heavy atom. The molecule has 5 nitrogen and oxygen atoms in total. The van der Waals surface area contributed by atoms with Gasteiger partial charge in [-0.15, -0.1) is 0 Å². The molecule has 134 valence electrons. The van der Waals surface area contributed by atoms with Crippen LogP contribution in [0.4, 0.5) is 0 Å². The standard InChI is InChI=1S/C20H21ClN4O/c21-17-3-1-16(2-4-17)20-19(15-5-9-22-10-6-15)13-23-25(20)14-24-11-7-18(26)8-12-24/h1-6,9-10,13,18,26H,7-8,11-12,14H2. The highest BCUT2D eigenvalue weighted by Crippen LogP contribution is 2.32. The molecule has 3 aromatic rings. The number of likely N-dealkylation sites (tertiary alicyclic amines) is 1. The molecule has 1 N–H and O–H groups in total. The van der Waals surface area contributed by atoms with E-state index in [2.05, 4.69) is 15.0 Å². The first-order valence-electron chi connectivity index (χ1n) is 8.83. The number of aliphatic hydroxyl groups excluding tert-OH is 1. The van der Waals surface area contributed by atoms with Crippen molar-refractivity contribution < 1.29 is 5.11 Å². The van der Waals surface area contributed by atoms with E-state index in [1.54, 1.807) is 12.4 Å². The number of hydrogen-bond donors (Lipinski definition) is 1. The van der Waals surface area contributed by atoms with Crippen LogP contribution in [0.25, 0.3) is 22.4 Å². The molecule has 0 amide bonds. The van der Waals surface area contributed by atoms with Gasteiger partial charge in [0.2, 0.25) is 0 Å². The Bertz CT molecular complexity index is 855. The lowest BCUT2D eigenvalue weighted by Gasteiger charge is -2.29. The largest absolute Gasteiger partial charge is 0.393 e. The van der Waals surface area contributed by atoms with Crippen molar-refractivity contribution in [1.82, 2.24) is 19.7 Å². The molecular weight excluding hydrogens is 348 g/mol. The summed E-state index contributed by atoms with van der Waals surface area (Å²) in [6, 6.07) is 11.9. The molecule has 0 radical (unpaired) electrons. The van der Waals surface area contributed by atoms with Gasteiger partial charge >= 0.3 is 0 Å². The molecule has 1 fully saturated rings. The summed E-state index contributed by atoms with van der Waals surface area (Å²) < 4.78 is 2.04. The highest BCUT2D eigenvalue weighted by Gasteiger charge is 2.20. The van der Waals surface area contributed by atoms with Crippen LogP contribution in [-0.4, -0.2) is 44.0 Å². The van der Waals surface area contributed by atoms with E-state index in [1.165, 1.54) is 0 Å². The maximum absolute atomic E-state index is 9.74. The molecule has 26 heavy (non-hydrogen) atoms. The molecule has 1 aromatic carbocycles. The van der Waals surface area contributed by atoms with E-state index in [9.17, 15) is 5.11 Å². The van der Waals surface area contributed by atoms with E-state index < -0.39 is 0 Å². The second kappa shape index (κ2) is 7.58. The van der Waals surface area contributed by atoms with Crippen LogP contribution in [0.2, 0.25) is 5.02 Å². The average Bonchev–Trinajstić information content (AvgIpc) is 3.08. The molecule has 1 saturated heterocycles. The van der Waals surface area contributed by atoms with Gasteiger partial charge in [0, 0.05) is 41.6 Å². The fourth-order valence-corrected chi connectivity index (χ4v) is 3.52. The number of aliphatic hydroxyl groups is 1. The lowest BCUT2D eigenvalue weighted by atomic mass is 10.0. The fourth-order valence-electron chi connectivity index (χ4n) is 3.40. The minimum absolute atomic E-state index is 0.174. The molecule has 6 heteroatoms. The number of halogens is 1. The van der Waals surface area contributed by atoms with E-state index in [4.69, 9.17) is 11.6 Å². The summed E-state index contributed by atoms with van der Waals surface area (Å²) in [6.07, 6.45) is 6.96. The topological polar surface area (TPSA) is 54.2 Å². The van der Waals surface area contributed by atoms with Gasteiger partial charge in [0.25, 0.3) is 0 Å². The Morgan fingerprint density at radius 1 is 1.00 bits per heavy atom. The summed E-state index contributed by atoms with van der Waals surface area (Å²) in [6.45, 7) is 2.47. The van der Waals surface area contributed by atoms with Gasteiger partial charge in [0.15, 0.2) is 0 Å². The lowest BCUT2D eigenvalue weighted by molar-refractivity contribution is 0.0658. The smallest absolute Gasteiger partial charge is 0.0936 e. The molecule has 0 unspecified atom stereocenters. The Hall–Kier alpha value is -2.21. The first-order valence-corrected chi connectivity index (χ1v) is 9.21. The molecule has 1 aliphatic rings. The van der Waals surface area contributed by atoms with Gasteiger partial charge in [0.05, 0.1) is 24.7 Å². The van der Waals surface area contributed by atoms with Gasteiger partial charge in [-0.05, 0) is 42.7 Å². The number of pyridine rings is 1. The van der Waals surface area contributed by atoms with Crippen LogP contribution in [0.3, 0.4) is 0 Å². The molecule has 2 aromatic heterocycles. The van der Waals surface area contributed by atoms with Crippen molar-refractivity contribution in [3.8, 4) is 22.4 Å². The van der Waals surface area contributed by atoms with Crippen LogP contribution in [0.1, 0.15) is 12.8 Å². The molecule has 4 rings (SSSR count). The summed E-state index contributed by atoms with van der Waals surface area (Å²) in [5.74, 6) is 0. The van der Waals surface area contributed by atoms with Crippen molar-refractivity contribution in [3.05, 3.63) is 60.0 Å². The second-order valence-electron chi connectivity index (χ2n) is 6.64. The maximum Gasteiger partial charge on any atom is 0.0936 e. The molecule has 0 aliphatic carbocycles. The van der Waals surface area contributed by atoms with Crippen LogP contribution < -0.4 is 0 Å². The molecule has 3 heterocycles. The summed E-state index contributed by atoms with van der Waals surface area (Å²) in [5, 5.41) is 15.1. The first kappa shape index (κ1) is 17.2. The molecule has 0 bridgehead atoms. The predicted octanol–water partition coefficient (Wildman–Crippen LogP) is 3.68. The van der Waals surface area contributed by atoms with Crippen LogP contribution in [0, 0.1) is 0 Å². The van der Waals surface area contributed by atoms with Gasteiger partial charge in [0.1, 0.15) is 0 Å². The van der Waals surface area contributed by atoms with E-state index in [0.29, 0.717) is 6.67 Å². The SMILES string of the molecule is OC1CCN(Cn2ncc(-c3ccncc3)c2-c2ccc(Cl)cc2)CC1. The monoisotopic (exact) mass is 368 g/mol. The van der Waals surface area contributed by atoms with Crippen LogP contribution in [0.5, 0.6) is 0 Å². The van der Waals surface area contributed by atoms with Crippen molar-refractivity contribution in [3.63, 3.8) is 0 Å².